The highest BCUT2D eigenvalue weighted by molar-refractivity contribution is 8.14. The SMILES string of the molecule is Cn1ncnc1Cn1cc(S(=O)(=O)Cl)c2c(F)cccc21. The van der Waals surface area contributed by atoms with Crippen LogP contribution in [0.4, 0.5) is 4.39 Å². The van der Waals surface area contributed by atoms with E-state index in [-0.39, 0.29) is 16.8 Å². The monoisotopic (exact) mass is 328 g/mol. The average Bonchev–Trinajstić information content (AvgIpc) is 2.96. The van der Waals surface area contributed by atoms with Crippen LogP contribution in [0.25, 0.3) is 10.9 Å². The lowest BCUT2D eigenvalue weighted by atomic mass is 10.2. The maximum absolute atomic E-state index is 14.0. The molecule has 0 amide bonds. The lowest BCUT2D eigenvalue weighted by molar-refractivity contribution is 0.607. The van der Waals surface area contributed by atoms with Gasteiger partial charge >= 0.3 is 0 Å². The van der Waals surface area contributed by atoms with E-state index in [4.69, 9.17) is 10.7 Å². The van der Waals surface area contributed by atoms with Crippen molar-refractivity contribution in [2.75, 3.05) is 0 Å². The minimum Gasteiger partial charge on any atom is -0.338 e. The lowest BCUT2D eigenvalue weighted by Gasteiger charge is -2.04. The normalized spacial score (nSPS) is 12.1. The molecule has 0 spiro atoms. The molecule has 110 valence electrons. The highest BCUT2D eigenvalue weighted by atomic mass is 35.7. The van der Waals surface area contributed by atoms with Gasteiger partial charge in [-0.3, -0.25) is 4.68 Å². The third-order valence-corrected chi connectivity index (χ3v) is 4.53. The summed E-state index contributed by atoms with van der Waals surface area (Å²) in [6.45, 7) is 0.253. The molecule has 0 bridgehead atoms. The van der Waals surface area contributed by atoms with Gasteiger partial charge in [0.1, 0.15) is 22.9 Å². The standard InChI is InChI=1S/C12H10ClFN4O2S/c1-17-11(15-7-16-17)6-18-5-10(21(13,19)20)12-8(14)3-2-4-9(12)18/h2-5,7H,6H2,1H3. The molecule has 0 fully saturated rings. The summed E-state index contributed by atoms with van der Waals surface area (Å²) in [5, 5.41) is 3.92. The van der Waals surface area contributed by atoms with Gasteiger partial charge in [-0.05, 0) is 12.1 Å². The number of hydrogen-bond donors (Lipinski definition) is 0. The second-order valence-electron chi connectivity index (χ2n) is 4.49. The van der Waals surface area contributed by atoms with Gasteiger partial charge in [0.2, 0.25) is 0 Å². The molecule has 3 rings (SSSR count). The Bertz CT molecular complexity index is 932. The number of halogens is 2. The minimum atomic E-state index is -4.05. The molecule has 2 aromatic heterocycles. The fourth-order valence-electron chi connectivity index (χ4n) is 2.20. The lowest BCUT2D eigenvalue weighted by Crippen LogP contribution is -2.06. The number of rotatable bonds is 3. The Balaban J connectivity index is 2.25. The Morgan fingerprint density at radius 2 is 2.14 bits per heavy atom. The Hall–Kier alpha value is -1.93. The highest BCUT2D eigenvalue weighted by Gasteiger charge is 2.22. The summed E-state index contributed by atoms with van der Waals surface area (Å²) in [6.07, 6.45) is 2.70. The highest BCUT2D eigenvalue weighted by Crippen LogP contribution is 2.30. The van der Waals surface area contributed by atoms with Crippen molar-refractivity contribution >= 4 is 30.6 Å². The summed E-state index contributed by atoms with van der Waals surface area (Å²) < 4.78 is 40.4. The van der Waals surface area contributed by atoms with Crippen LogP contribution in [-0.4, -0.2) is 27.7 Å². The van der Waals surface area contributed by atoms with E-state index in [1.54, 1.807) is 22.4 Å². The maximum Gasteiger partial charge on any atom is 0.263 e. The Labute approximate surface area is 124 Å². The molecule has 6 nitrogen and oxygen atoms in total. The first kappa shape index (κ1) is 14.0. The largest absolute Gasteiger partial charge is 0.338 e. The zero-order valence-corrected chi connectivity index (χ0v) is 12.4. The molecule has 21 heavy (non-hydrogen) atoms. The van der Waals surface area contributed by atoms with Crippen molar-refractivity contribution < 1.29 is 12.8 Å². The van der Waals surface area contributed by atoms with Crippen molar-refractivity contribution in [3.05, 3.63) is 42.4 Å². The maximum atomic E-state index is 14.0. The topological polar surface area (TPSA) is 69.8 Å². The number of benzene rings is 1. The summed E-state index contributed by atoms with van der Waals surface area (Å²) in [6, 6.07) is 4.33. The fourth-order valence-corrected chi connectivity index (χ4v) is 3.25. The molecule has 0 aliphatic rings. The molecule has 2 heterocycles. The van der Waals surface area contributed by atoms with E-state index in [2.05, 4.69) is 10.1 Å². The number of nitrogens with zero attached hydrogens (tertiary/aromatic N) is 4. The van der Waals surface area contributed by atoms with E-state index in [1.807, 2.05) is 0 Å². The summed E-state index contributed by atoms with van der Waals surface area (Å²) in [4.78, 5) is 3.82. The second kappa shape index (κ2) is 4.81. The fraction of sp³-hybridized carbons (Fsp3) is 0.167. The van der Waals surface area contributed by atoms with Crippen LogP contribution >= 0.6 is 10.7 Å². The molecule has 1 aromatic carbocycles. The summed E-state index contributed by atoms with van der Waals surface area (Å²) >= 11 is 0. The number of aromatic nitrogens is 4. The van der Waals surface area contributed by atoms with Crippen molar-refractivity contribution in [2.24, 2.45) is 7.05 Å². The van der Waals surface area contributed by atoms with Crippen LogP contribution < -0.4 is 0 Å². The Morgan fingerprint density at radius 3 is 2.76 bits per heavy atom. The van der Waals surface area contributed by atoms with Crippen LogP contribution in [0, 0.1) is 5.82 Å². The number of fused-ring (bicyclic) bond motifs is 1. The van der Waals surface area contributed by atoms with Crippen LogP contribution in [0.1, 0.15) is 5.82 Å². The van der Waals surface area contributed by atoms with Crippen LogP contribution in [0.15, 0.2) is 35.6 Å². The van der Waals surface area contributed by atoms with Gasteiger partial charge in [-0.2, -0.15) is 5.10 Å². The summed E-state index contributed by atoms with van der Waals surface area (Å²) in [7, 11) is 3.06. The molecule has 0 aliphatic heterocycles. The van der Waals surface area contributed by atoms with Crippen LogP contribution in [-0.2, 0) is 22.6 Å². The summed E-state index contributed by atoms with van der Waals surface area (Å²) in [5.41, 5.74) is 0.428. The van der Waals surface area contributed by atoms with Crippen molar-refractivity contribution in [3.8, 4) is 0 Å². The van der Waals surface area contributed by atoms with Gasteiger partial charge in [0.25, 0.3) is 9.05 Å². The van der Waals surface area contributed by atoms with Crippen molar-refractivity contribution in [2.45, 2.75) is 11.4 Å². The van der Waals surface area contributed by atoms with Gasteiger partial charge in [-0.25, -0.2) is 17.8 Å². The van der Waals surface area contributed by atoms with Gasteiger partial charge in [0.15, 0.2) is 0 Å². The number of aryl methyl sites for hydroxylation is 1. The molecule has 0 saturated carbocycles. The van der Waals surface area contributed by atoms with Crippen LogP contribution in [0.5, 0.6) is 0 Å². The van der Waals surface area contributed by atoms with E-state index in [9.17, 15) is 12.8 Å². The van der Waals surface area contributed by atoms with Gasteiger partial charge in [0, 0.05) is 23.9 Å². The Kier molecular flexibility index (Phi) is 3.22. The van der Waals surface area contributed by atoms with E-state index in [1.165, 1.54) is 24.7 Å². The molecular formula is C12H10ClFN4O2S. The molecule has 0 radical (unpaired) electrons. The Morgan fingerprint density at radius 1 is 1.38 bits per heavy atom. The predicted octanol–water partition coefficient (Wildman–Crippen LogP) is 1.88. The molecule has 0 N–H and O–H groups in total. The number of hydrogen-bond acceptors (Lipinski definition) is 4. The molecule has 3 aromatic rings. The zero-order valence-electron chi connectivity index (χ0n) is 10.9. The third kappa shape index (κ3) is 2.40. The van der Waals surface area contributed by atoms with Gasteiger partial charge in [-0.1, -0.05) is 6.07 Å². The van der Waals surface area contributed by atoms with E-state index in [0.717, 1.165) is 0 Å². The predicted molar refractivity (Wildman–Crippen MR) is 75.0 cm³/mol. The molecule has 0 unspecified atom stereocenters. The molecule has 0 aliphatic carbocycles. The molecule has 9 heteroatoms. The first-order chi connectivity index (χ1) is 9.88. The van der Waals surface area contributed by atoms with Crippen molar-refractivity contribution in [3.63, 3.8) is 0 Å². The zero-order chi connectivity index (χ0) is 15.2. The van der Waals surface area contributed by atoms with Gasteiger partial charge < -0.3 is 4.57 Å². The average molecular weight is 329 g/mol. The smallest absolute Gasteiger partial charge is 0.263 e. The second-order valence-corrected chi connectivity index (χ2v) is 7.03. The first-order valence-electron chi connectivity index (χ1n) is 5.93. The van der Waals surface area contributed by atoms with Gasteiger partial charge in [-0.15, -0.1) is 0 Å². The quantitative estimate of drug-likeness (QED) is 0.688. The third-order valence-electron chi connectivity index (χ3n) is 3.20. The first-order valence-corrected chi connectivity index (χ1v) is 8.24. The molecule has 0 saturated heterocycles. The minimum absolute atomic E-state index is 0.0188. The van der Waals surface area contributed by atoms with Crippen molar-refractivity contribution in [1.82, 2.24) is 19.3 Å². The van der Waals surface area contributed by atoms with E-state index >= 15 is 0 Å². The van der Waals surface area contributed by atoms with Crippen LogP contribution in [0.2, 0.25) is 0 Å². The van der Waals surface area contributed by atoms with Crippen molar-refractivity contribution in [1.29, 1.82) is 0 Å². The molecular weight excluding hydrogens is 319 g/mol. The molecule has 0 atom stereocenters. The van der Waals surface area contributed by atoms with Gasteiger partial charge in [0.05, 0.1) is 17.4 Å². The summed E-state index contributed by atoms with van der Waals surface area (Å²) in [5.74, 6) is -0.0295. The van der Waals surface area contributed by atoms with Crippen LogP contribution in [0.3, 0.4) is 0 Å². The van der Waals surface area contributed by atoms with E-state index < -0.39 is 14.9 Å². The van der Waals surface area contributed by atoms with E-state index in [0.29, 0.717) is 11.3 Å².